The van der Waals surface area contributed by atoms with E-state index in [4.69, 9.17) is 14.2 Å². The summed E-state index contributed by atoms with van der Waals surface area (Å²) in [6, 6.07) is 8.27. The number of carbonyl (C=O) groups is 1. The zero-order valence-electron chi connectivity index (χ0n) is 17.5. The zero-order chi connectivity index (χ0) is 20.7. The van der Waals surface area contributed by atoms with Crippen LogP contribution in [0.2, 0.25) is 0 Å². The molecule has 0 spiro atoms. The molecule has 6 nitrogen and oxygen atoms in total. The van der Waals surface area contributed by atoms with Crippen LogP contribution >= 0.6 is 0 Å². The second-order valence-corrected chi connectivity index (χ2v) is 7.36. The Morgan fingerprint density at radius 3 is 2.52 bits per heavy atom. The van der Waals surface area contributed by atoms with E-state index < -0.39 is 0 Å². The number of rotatable bonds is 4. The van der Waals surface area contributed by atoms with Crippen molar-refractivity contribution in [1.82, 2.24) is 9.88 Å². The quantitative estimate of drug-likeness (QED) is 0.727. The normalized spacial score (nSPS) is 15.3. The molecule has 1 amide bonds. The van der Waals surface area contributed by atoms with Gasteiger partial charge in [-0.05, 0) is 47.7 Å². The molecule has 4 rings (SSSR count). The summed E-state index contributed by atoms with van der Waals surface area (Å²) in [5, 5.41) is 4.29. The van der Waals surface area contributed by atoms with Crippen molar-refractivity contribution in [3.8, 4) is 28.4 Å². The van der Waals surface area contributed by atoms with Gasteiger partial charge in [0.15, 0.2) is 11.5 Å². The molecule has 0 aliphatic heterocycles. The number of amides is 1. The highest BCUT2D eigenvalue weighted by molar-refractivity contribution is 5.95. The minimum absolute atomic E-state index is 0.0398. The van der Waals surface area contributed by atoms with Gasteiger partial charge >= 0.3 is 0 Å². The third-order valence-corrected chi connectivity index (χ3v) is 5.72. The summed E-state index contributed by atoms with van der Waals surface area (Å²) in [6.07, 6.45) is 3.61. The monoisotopic (exact) mass is 394 g/mol. The molecule has 0 saturated carbocycles. The lowest BCUT2D eigenvalue weighted by molar-refractivity contribution is -0.119. The summed E-state index contributed by atoms with van der Waals surface area (Å²) < 4.78 is 19.1. The van der Waals surface area contributed by atoms with Crippen molar-refractivity contribution >= 4 is 16.8 Å². The first-order valence-electron chi connectivity index (χ1n) is 9.67. The van der Waals surface area contributed by atoms with Crippen LogP contribution in [-0.4, -0.2) is 31.8 Å². The smallest absolute Gasteiger partial charge is 0.217 e. The fraction of sp³-hybridized carbons (Fsp3) is 0.348. The Morgan fingerprint density at radius 2 is 1.86 bits per heavy atom. The van der Waals surface area contributed by atoms with E-state index in [2.05, 4.69) is 28.1 Å². The van der Waals surface area contributed by atoms with Crippen molar-refractivity contribution in [2.75, 3.05) is 21.3 Å². The van der Waals surface area contributed by atoms with E-state index in [1.165, 1.54) is 0 Å². The van der Waals surface area contributed by atoms with Crippen LogP contribution in [0.1, 0.15) is 30.5 Å². The van der Waals surface area contributed by atoms with Gasteiger partial charge in [0.2, 0.25) is 11.7 Å². The summed E-state index contributed by atoms with van der Waals surface area (Å²) >= 11 is 0. The molecule has 0 radical (unpaired) electrons. The van der Waals surface area contributed by atoms with Crippen LogP contribution in [0.4, 0.5) is 0 Å². The number of benzene rings is 2. The second kappa shape index (κ2) is 7.35. The van der Waals surface area contributed by atoms with E-state index >= 15 is 0 Å². The first kappa shape index (κ1) is 19.2. The number of aromatic nitrogens is 1. The van der Waals surface area contributed by atoms with Crippen molar-refractivity contribution in [3.05, 3.63) is 41.6 Å². The average Bonchev–Trinajstić information content (AvgIpc) is 3.02. The zero-order valence-corrected chi connectivity index (χ0v) is 17.5. The topological polar surface area (TPSA) is 61.7 Å². The van der Waals surface area contributed by atoms with Crippen LogP contribution in [0.5, 0.6) is 17.2 Å². The third kappa shape index (κ3) is 2.99. The van der Waals surface area contributed by atoms with E-state index in [1.54, 1.807) is 28.3 Å². The predicted molar refractivity (Wildman–Crippen MR) is 113 cm³/mol. The highest BCUT2D eigenvalue weighted by Gasteiger charge is 2.30. The van der Waals surface area contributed by atoms with Gasteiger partial charge in [0, 0.05) is 36.6 Å². The van der Waals surface area contributed by atoms with E-state index in [-0.39, 0.29) is 11.9 Å². The maximum Gasteiger partial charge on any atom is 0.217 e. The maximum absolute atomic E-state index is 12.0. The van der Waals surface area contributed by atoms with Gasteiger partial charge in [0.1, 0.15) is 0 Å². The highest BCUT2D eigenvalue weighted by atomic mass is 16.5. The molecule has 6 heteroatoms. The minimum atomic E-state index is -0.0947. The molecule has 29 heavy (non-hydrogen) atoms. The standard InChI is InChI=1S/C23H26N2O4/c1-13(26)24-17-8-6-14-12-19(27-3)22(28-4)23(29-5)20(14)16-7-9-18-15(21(16)17)10-11-25(18)2/h7,9-12,17H,6,8H2,1-5H3,(H,24,26)/t17-/m0/s1. The van der Waals surface area contributed by atoms with Gasteiger partial charge in [-0.25, -0.2) is 0 Å². The fourth-order valence-corrected chi connectivity index (χ4v) is 4.50. The molecule has 1 aliphatic rings. The third-order valence-electron chi connectivity index (χ3n) is 5.72. The summed E-state index contributed by atoms with van der Waals surface area (Å²) in [7, 11) is 6.92. The first-order chi connectivity index (χ1) is 14.0. The van der Waals surface area contributed by atoms with E-state index in [0.717, 1.165) is 46.0 Å². The SMILES string of the molecule is COc1cc2c(c(OC)c1OC)-c1ccc3c(ccn3C)c1[C@@H](NC(C)=O)CC2. The van der Waals surface area contributed by atoms with Gasteiger partial charge < -0.3 is 24.1 Å². The lowest BCUT2D eigenvalue weighted by Gasteiger charge is -2.22. The summed E-state index contributed by atoms with van der Waals surface area (Å²) in [4.78, 5) is 12.0. The van der Waals surface area contributed by atoms with Crippen LogP contribution in [0.25, 0.3) is 22.0 Å². The Bertz CT molecular complexity index is 1100. The van der Waals surface area contributed by atoms with E-state index in [1.807, 2.05) is 19.3 Å². The number of nitrogens with one attached hydrogen (secondary N) is 1. The Balaban J connectivity index is 2.09. The van der Waals surface area contributed by atoms with Gasteiger partial charge in [-0.3, -0.25) is 4.79 Å². The van der Waals surface area contributed by atoms with E-state index in [9.17, 15) is 4.79 Å². The predicted octanol–water partition coefficient (Wildman–Crippen LogP) is 3.99. The number of hydrogen-bond donors (Lipinski definition) is 1. The molecular weight excluding hydrogens is 368 g/mol. The minimum Gasteiger partial charge on any atom is -0.493 e. The number of fused-ring (bicyclic) bond motifs is 5. The van der Waals surface area contributed by atoms with Crippen LogP contribution in [-0.2, 0) is 18.3 Å². The van der Waals surface area contributed by atoms with Crippen molar-refractivity contribution in [2.24, 2.45) is 7.05 Å². The Kier molecular flexibility index (Phi) is 4.86. The van der Waals surface area contributed by atoms with Crippen LogP contribution in [0, 0.1) is 0 Å². The number of aryl methyl sites for hydroxylation is 2. The summed E-state index contributed by atoms with van der Waals surface area (Å²) in [5.41, 5.74) is 5.40. The lowest BCUT2D eigenvalue weighted by Crippen LogP contribution is -2.26. The van der Waals surface area contributed by atoms with Crippen molar-refractivity contribution in [1.29, 1.82) is 0 Å². The molecule has 3 aromatic rings. The fourth-order valence-electron chi connectivity index (χ4n) is 4.50. The number of carbonyl (C=O) groups excluding carboxylic acids is 1. The number of nitrogens with zero attached hydrogens (tertiary/aromatic N) is 1. The molecule has 1 heterocycles. The molecule has 0 fully saturated rings. The Labute approximate surface area is 170 Å². The molecular formula is C23H26N2O4. The Morgan fingerprint density at radius 1 is 1.10 bits per heavy atom. The van der Waals surface area contributed by atoms with Crippen molar-refractivity contribution in [2.45, 2.75) is 25.8 Å². The first-order valence-corrected chi connectivity index (χ1v) is 9.67. The number of ether oxygens (including phenoxy) is 3. The maximum atomic E-state index is 12.0. The molecule has 2 aromatic carbocycles. The summed E-state index contributed by atoms with van der Waals surface area (Å²) in [5.74, 6) is 1.83. The molecule has 1 aromatic heterocycles. The number of hydrogen-bond acceptors (Lipinski definition) is 4. The molecule has 1 aliphatic carbocycles. The van der Waals surface area contributed by atoms with Gasteiger partial charge in [0.25, 0.3) is 0 Å². The molecule has 152 valence electrons. The number of methoxy groups -OCH3 is 3. The lowest BCUT2D eigenvalue weighted by atomic mass is 9.91. The van der Waals surface area contributed by atoms with Crippen molar-refractivity contribution < 1.29 is 19.0 Å². The molecule has 0 unspecified atom stereocenters. The highest BCUT2D eigenvalue weighted by Crippen LogP contribution is 2.51. The van der Waals surface area contributed by atoms with Gasteiger partial charge in [-0.2, -0.15) is 0 Å². The van der Waals surface area contributed by atoms with E-state index in [0.29, 0.717) is 17.2 Å². The summed E-state index contributed by atoms with van der Waals surface area (Å²) in [6.45, 7) is 1.56. The van der Waals surface area contributed by atoms with Crippen LogP contribution in [0.15, 0.2) is 30.5 Å². The largest absolute Gasteiger partial charge is 0.493 e. The van der Waals surface area contributed by atoms with Crippen LogP contribution < -0.4 is 19.5 Å². The van der Waals surface area contributed by atoms with Gasteiger partial charge in [0.05, 0.1) is 27.4 Å². The average molecular weight is 394 g/mol. The van der Waals surface area contributed by atoms with Gasteiger partial charge in [-0.1, -0.05) is 6.07 Å². The van der Waals surface area contributed by atoms with Crippen molar-refractivity contribution in [3.63, 3.8) is 0 Å². The molecule has 1 N–H and O–H groups in total. The second-order valence-electron chi connectivity index (χ2n) is 7.36. The van der Waals surface area contributed by atoms with Crippen LogP contribution in [0.3, 0.4) is 0 Å². The van der Waals surface area contributed by atoms with Gasteiger partial charge in [-0.15, -0.1) is 0 Å². The molecule has 0 saturated heterocycles. The Hall–Kier alpha value is -3.15. The molecule has 0 bridgehead atoms. The molecule has 1 atom stereocenters.